The third kappa shape index (κ3) is 7.08. The zero-order valence-electron chi connectivity index (χ0n) is 8.80. The molecule has 0 heterocycles. The lowest BCUT2D eigenvalue weighted by Gasteiger charge is -2.11. The first-order valence-corrected chi connectivity index (χ1v) is 4.80. The highest BCUT2D eigenvalue weighted by atomic mass is 19.4. The van der Waals surface area contributed by atoms with E-state index in [2.05, 4.69) is 0 Å². The number of carboxylic acids is 1. The number of halogens is 3. The van der Waals surface area contributed by atoms with E-state index in [1.807, 2.05) is 0 Å². The predicted octanol–water partition coefficient (Wildman–Crippen LogP) is 1.56. The first kappa shape index (κ1) is 14.7. The normalized spacial score (nSPS) is 13.2. The average Bonchev–Trinajstić information content (AvgIpc) is 2.13. The van der Waals surface area contributed by atoms with Crippen LogP contribution in [0.5, 0.6) is 0 Å². The van der Waals surface area contributed by atoms with E-state index in [1.165, 1.54) is 0 Å². The molecule has 0 radical (unpaired) electrons. The maximum Gasteiger partial charge on any atom is 0.471 e. The molecule has 94 valence electrons. The Morgan fingerprint density at radius 2 is 1.88 bits per heavy atom. The molecule has 16 heavy (non-hydrogen) atoms. The Hall–Kier alpha value is -1.27. The van der Waals surface area contributed by atoms with Crippen LogP contribution in [0.15, 0.2) is 0 Å². The van der Waals surface area contributed by atoms with E-state index in [-0.39, 0.29) is 18.9 Å². The summed E-state index contributed by atoms with van der Waals surface area (Å²) in [5.41, 5.74) is 0. The predicted molar refractivity (Wildman–Crippen MR) is 49.7 cm³/mol. The van der Waals surface area contributed by atoms with Gasteiger partial charge in [-0.2, -0.15) is 13.2 Å². The zero-order chi connectivity index (χ0) is 12.8. The van der Waals surface area contributed by atoms with Crippen molar-refractivity contribution >= 4 is 11.9 Å². The number of carbonyl (C=O) groups excluding carboxylic acids is 1. The molecule has 0 saturated heterocycles. The van der Waals surface area contributed by atoms with Crippen LogP contribution >= 0.6 is 0 Å². The Morgan fingerprint density at radius 1 is 1.31 bits per heavy atom. The maximum atomic E-state index is 11.7. The van der Waals surface area contributed by atoms with Crippen molar-refractivity contribution in [3.8, 4) is 0 Å². The fraction of sp³-hybridized carbons (Fsp3) is 0.778. The summed E-state index contributed by atoms with van der Waals surface area (Å²) in [6, 6.07) is 0. The maximum absolute atomic E-state index is 11.7. The first-order valence-electron chi connectivity index (χ1n) is 4.80. The van der Waals surface area contributed by atoms with Crippen molar-refractivity contribution in [1.29, 1.82) is 0 Å². The summed E-state index contributed by atoms with van der Waals surface area (Å²) in [6.07, 6.45) is -4.16. The first-order chi connectivity index (χ1) is 7.23. The Kier molecular flexibility index (Phi) is 5.84. The molecule has 1 unspecified atom stereocenters. The summed E-state index contributed by atoms with van der Waals surface area (Å²) in [7, 11) is 0. The van der Waals surface area contributed by atoms with Gasteiger partial charge in [0.15, 0.2) is 0 Å². The van der Waals surface area contributed by atoms with E-state index in [1.54, 1.807) is 12.2 Å². The molecule has 1 atom stereocenters. The number of rotatable bonds is 6. The highest BCUT2D eigenvalue weighted by molar-refractivity contribution is 5.81. The SMILES string of the molecule is CC(CCNC(=O)C(F)(F)F)CCC(=O)O. The molecule has 7 heteroatoms. The van der Waals surface area contributed by atoms with Crippen LogP contribution in [0, 0.1) is 5.92 Å². The van der Waals surface area contributed by atoms with Crippen LogP contribution in [0.4, 0.5) is 13.2 Å². The Balaban J connectivity index is 3.66. The molecule has 1 amide bonds. The van der Waals surface area contributed by atoms with Gasteiger partial charge in [0, 0.05) is 13.0 Å². The molecule has 0 aromatic heterocycles. The third-order valence-electron chi connectivity index (χ3n) is 2.03. The number of aliphatic carboxylic acids is 1. The van der Waals surface area contributed by atoms with Crippen LogP contribution in [0.25, 0.3) is 0 Å². The molecular formula is C9H14F3NO3. The molecular weight excluding hydrogens is 227 g/mol. The van der Waals surface area contributed by atoms with Gasteiger partial charge < -0.3 is 10.4 Å². The number of alkyl halides is 3. The second-order valence-corrected chi connectivity index (χ2v) is 3.58. The van der Waals surface area contributed by atoms with Crippen molar-refractivity contribution in [2.75, 3.05) is 6.54 Å². The largest absolute Gasteiger partial charge is 0.481 e. The molecule has 2 N–H and O–H groups in total. The van der Waals surface area contributed by atoms with Crippen LogP contribution in [0.2, 0.25) is 0 Å². The molecule has 4 nitrogen and oxygen atoms in total. The van der Waals surface area contributed by atoms with Crippen LogP contribution in [0.3, 0.4) is 0 Å². The van der Waals surface area contributed by atoms with Gasteiger partial charge in [-0.3, -0.25) is 9.59 Å². The minimum Gasteiger partial charge on any atom is -0.481 e. The number of nitrogens with one attached hydrogen (secondary N) is 1. The van der Waals surface area contributed by atoms with E-state index < -0.39 is 18.1 Å². The standard InChI is InChI=1S/C9H14F3NO3/c1-6(2-3-7(14)15)4-5-13-8(16)9(10,11)12/h6H,2-5H2,1H3,(H,13,16)(H,14,15). The van der Waals surface area contributed by atoms with E-state index in [0.717, 1.165) is 0 Å². The number of hydrogen-bond donors (Lipinski definition) is 2. The van der Waals surface area contributed by atoms with Crippen molar-refractivity contribution < 1.29 is 27.9 Å². The minimum absolute atomic E-state index is 0.0195. The monoisotopic (exact) mass is 241 g/mol. The van der Waals surface area contributed by atoms with Crippen LogP contribution in [0.1, 0.15) is 26.2 Å². The summed E-state index contributed by atoms with van der Waals surface area (Å²) in [4.78, 5) is 20.6. The third-order valence-corrected chi connectivity index (χ3v) is 2.03. The summed E-state index contributed by atoms with van der Waals surface area (Å²) < 4.78 is 35.2. The number of amides is 1. The minimum atomic E-state index is -4.86. The van der Waals surface area contributed by atoms with Crippen LogP contribution in [-0.4, -0.2) is 29.7 Å². The molecule has 0 spiro atoms. The summed E-state index contributed by atoms with van der Waals surface area (Å²) in [6.45, 7) is 1.63. The second kappa shape index (κ2) is 6.34. The van der Waals surface area contributed by atoms with Crippen molar-refractivity contribution in [3.63, 3.8) is 0 Å². The highest BCUT2D eigenvalue weighted by Crippen LogP contribution is 2.14. The highest BCUT2D eigenvalue weighted by Gasteiger charge is 2.38. The molecule has 0 fully saturated rings. The van der Waals surface area contributed by atoms with E-state index in [4.69, 9.17) is 5.11 Å². The van der Waals surface area contributed by atoms with Crippen LogP contribution in [-0.2, 0) is 9.59 Å². The van der Waals surface area contributed by atoms with E-state index in [0.29, 0.717) is 12.8 Å². The number of carboxylic acid groups (broad SMARTS) is 1. The van der Waals surface area contributed by atoms with Crippen molar-refractivity contribution in [2.45, 2.75) is 32.4 Å². The van der Waals surface area contributed by atoms with Gasteiger partial charge in [0.05, 0.1) is 0 Å². The fourth-order valence-corrected chi connectivity index (χ4v) is 1.05. The zero-order valence-corrected chi connectivity index (χ0v) is 8.80. The molecule has 0 aliphatic carbocycles. The summed E-state index contributed by atoms with van der Waals surface area (Å²) in [5.74, 6) is -2.94. The Labute approximate surface area is 90.8 Å². The molecule has 0 saturated carbocycles. The number of carbonyl (C=O) groups is 2. The summed E-state index contributed by atoms with van der Waals surface area (Å²) in [5, 5.41) is 10.1. The smallest absolute Gasteiger partial charge is 0.471 e. The van der Waals surface area contributed by atoms with Gasteiger partial charge in [-0.05, 0) is 18.8 Å². The van der Waals surface area contributed by atoms with Crippen molar-refractivity contribution in [3.05, 3.63) is 0 Å². The van der Waals surface area contributed by atoms with E-state index in [9.17, 15) is 22.8 Å². The lowest BCUT2D eigenvalue weighted by atomic mass is 10.0. The van der Waals surface area contributed by atoms with Gasteiger partial charge >= 0.3 is 18.1 Å². The van der Waals surface area contributed by atoms with Gasteiger partial charge in [-0.1, -0.05) is 6.92 Å². The molecule has 0 aliphatic heterocycles. The van der Waals surface area contributed by atoms with Crippen molar-refractivity contribution in [2.24, 2.45) is 5.92 Å². The molecule has 0 aliphatic rings. The van der Waals surface area contributed by atoms with Gasteiger partial charge in [-0.15, -0.1) is 0 Å². The Bertz CT molecular complexity index is 253. The van der Waals surface area contributed by atoms with Gasteiger partial charge in [-0.25, -0.2) is 0 Å². The van der Waals surface area contributed by atoms with Crippen LogP contribution < -0.4 is 5.32 Å². The number of hydrogen-bond acceptors (Lipinski definition) is 2. The Morgan fingerprint density at radius 3 is 2.31 bits per heavy atom. The molecule has 0 bridgehead atoms. The van der Waals surface area contributed by atoms with E-state index >= 15 is 0 Å². The second-order valence-electron chi connectivity index (χ2n) is 3.58. The average molecular weight is 241 g/mol. The molecule has 0 aromatic carbocycles. The van der Waals surface area contributed by atoms with Gasteiger partial charge in [0.25, 0.3) is 0 Å². The quantitative estimate of drug-likeness (QED) is 0.741. The van der Waals surface area contributed by atoms with Gasteiger partial charge in [0.2, 0.25) is 0 Å². The summed E-state index contributed by atoms with van der Waals surface area (Å²) >= 11 is 0. The topological polar surface area (TPSA) is 66.4 Å². The lowest BCUT2D eigenvalue weighted by molar-refractivity contribution is -0.173. The molecule has 0 aromatic rings. The molecule has 0 rings (SSSR count). The van der Waals surface area contributed by atoms with Gasteiger partial charge in [0.1, 0.15) is 0 Å². The fourth-order valence-electron chi connectivity index (χ4n) is 1.05. The lowest BCUT2D eigenvalue weighted by Crippen LogP contribution is -2.37. The van der Waals surface area contributed by atoms with Crippen molar-refractivity contribution in [1.82, 2.24) is 5.32 Å².